The fourth-order valence-corrected chi connectivity index (χ4v) is 8.29. The van der Waals surface area contributed by atoms with Crippen LogP contribution in [0.3, 0.4) is 0 Å². The van der Waals surface area contributed by atoms with Gasteiger partial charge in [-0.05, 0) is 82.6 Å². The number of nitrogens with one attached hydrogen (secondary N) is 1. The zero-order valence-corrected chi connectivity index (χ0v) is 24.3. The number of carbonyl (C=O) groups is 2. The maximum atomic E-state index is 13.7. The summed E-state index contributed by atoms with van der Waals surface area (Å²) in [6.07, 6.45) is 5.72. The maximum absolute atomic E-state index is 13.7. The predicted octanol–water partition coefficient (Wildman–Crippen LogP) is 7.04. The van der Waals surface area contributed by atoms with Crippen LogP contribution in [0.2, 0.25) is 0 Å². The number of tetrazole rings is 1. The van der Waals surface area contributed by atoms with E-state index in [2.05, 4.69) is 60.8 Å². The summed E-state index contributed by atoms with van der Waals surface area (Å²) in [5.41, 5.74) is 2.09. The Morgan fingerprint density at radius 3 is 2.55 bits per heavy atom. The van der Waals surface area contributed by atoms with Crippen molar-refractivity contribution in [2.45, 2.75) is 63.5 Å². The molecule has 208 valence electrons. The molecule has 2 aliphatic carbocycles. The number of halogens is 1. The van der Waals surface area contributed by atoms with Gasteiger partial charge in [-0.3, -0.25) is 4.79 Å². The van der Waals surface area contributed by atoms with Gasteiger partial charge < -0.3 is 14.7 Å². The Morgan fingerprint density at radius 1 is 1.10 bits per heavy atom. The van der Waals surface area contributed by atoms with Crippen LogP contribution in [0.15, 0.2) is 46.9 Å². The number of rotatable bonds is 8. The standard InChI is InChI=1S/C29H30BrN5O4S/c30-24-22-15-18(11-12-23(22)40-25(24)20-9-3-4-10-21(20)26-31-33-34-32-26)16-35(27(36)19-7-1-2-8-19)17-29(39-28(37)38)13-5-6-14-29/h3-4,9-12,15,19H,1-2,5-8,13-14,16-17H2,(H,37,38)(H,31,32,33,34). The summed E-state index contributed by atoms with van der Waals surface area (Å²) in [5.74, 6) is 0.706. The van der Waals surface area contributed by atoms with Crippen molar-refractivity contribution in [2.24, 2.45) is 5.92 Å². The van der Waals surface area contributed by atoms with Crippen molar-refractivity contribution in [1.29, 1.82) is 0 Å². The number of ether oxygens (including phenoxy) is 1. The van der Waals surface area contributed by atoms with E-state index in [1.165, 1.54) is 0 Å². The molecule has 0 bridgehead atoms. The lowest BCUT2D eigenvalue weighted by Gasteiger charge is -2.35. The zero-order valence-electron chi connectivity index (χ0n) is 21.9. The minimum atomic E-state index is -1.27. The molecule has 2 saturated carbocycles. The van der Waals surface area contributed by atoms with Crippen LogP contribution >= 0.6 is 27.3 Å². The van der Waals surface area contributed by atoms with E-state index in [0.717, 1.165) is 74.7 Å². The first-order valence-corrected chi connectivity index (χ1v) is 15.3. The van der Waals surface area contributed by atoms with Crippen LogP contribution in [-0.2, 0) is 16.1 Å². The average molecular weight is 625 g/mol. The van der Waals surface area contributed by atoms with Crippen LogP contribution in [0, 0.1) is 5.92 Å². The largest absolute Gasteiger partial charge is 0.506 e. The first kappa shape index (κ1) is 26.9. The molecule has 0 radical (unpaired) electrons. The highest BCUT2D eigenvalue weighted by Crippen LogP contribution is 2.45. The van der Waals surface area contributed by atoms with Crippen molar-refractivity contribution in [2.75, 3.05) is 6.54 Å². The topological polar surface area (TPSA) is 121 Å². The highest BCUT2D eigenvalue weighted by atomic mass is 79.9. The number of thiophene rings is 1. The second-order valence-electron chi connectivity index (χ2n) is 10.8. The first-order chi connectivity index (χ1) is 19.4. The van der Waals surface area contributed by atoms with Gasteiger partial charge in [-0.15, -0.1) is 16.4 Å². The summed E-state index contributed by atoms with van der Waals surface area (Å²) >= 11 is 5.54. The smallest absolute Gasteiger partial charge is 0.450 e. The number of nitrogens with zero attached hydrogens (tertiary/aromatic N) is 4. The van der Waals surface area contributed by atoms with Gasteiger partial charge in [0, 0.05) is 38.1 Å². The van der Waals surface area contributed by atoms with Crippen LogP contribution in [0.25, 0.3) is 31.9 Å². The number of aromatic nitrogens is 4. The molecular formula is C29H30BrN5O4S. The number of amides is 1. The molecule has 4 aromatic rings. The third-order valence-electron chi connectivity index (χ3n) is 8.15. The van der Waals surface area contributed by atoms with E-state index in [4.69, 9.17) is 4.74 Å². The molecule has 0 atom stereocenters. The van der Waals surface area contributed by atoms with Crippen molar-refractivity contribution in [1.82, 2.24) is 25.5 Å². The number of fused-ring (bicyclic) bond motifs is 1. The SMILES string of the molecule is O=C(O)OC1(CN(Cc2ccc3sc(-c4ccccc4-c4nnn[nH]4)c(Br)c3c2)C(=O)C2CCCC2)CCCC1. The summed E-state index contributed by atoms with van der Waals surface area (Å²) in [5, 5.41) is 25.0. The summed E-state index contributed by atoms with van der Waals surface area (Å²) < 4.78 is 7.56. The Balaban J connectivity index is 1.33. The average Bonchev–Trinajstić information content (AvgIpc) is 3.76. The second-order valence-corrected chi connectivity index (χ2v) is 12.7. The Hall–Kier alpha value is -3.31. The molecule has 0 spiro atoms. The van der Waals surface area contributed by atoms with E-state index in [9.17, 15) is 14.7 Å². The van der Waals surface area contributed by atoms with Gasteiger partial charge in [0.2, 0.25) is 5.91 Å². The molecule has 40 heavy (non-hydrogen) atoms. The normalized spacial score (nSPS) is 16.9. The summed E-state index contributed by atoms with van der Waals surface area (Å²) in [7, 11) is 0. The fourth-order valence-electron chi connectivity index (χ4n) is 6.26. The number of hydrogen-bond donors (Lipinski definition) is 2. The molecular weight excluding hydrogens is 594 g/mol. The van der Waals surface area contributed by atoms with E-state index in [1.54, 1.807) is 11.3 Å². The molecule has 2 aromatic heterocycles. The van der Waals surface area contributed by atoms with Crippen LogP contribution in [0.4, 0.5) is 4.79 Å². The van der Waals surface area contributed by atoms with Gasteiger partial charge in [-0.2, -0.15) is 0 Å². The monoisotopic (exact) mass is 623 g/mol. The van der Waals surface area contributed by atoms with Gasteiger partial charge in [0.1, 0.15) is 5.60 Å². The first-order valence-electron chi connectivity index (χ1n) is 13.7. The Kier molecular flexibility index (Phi) is 7.59. The lowest BCUT2D eigenvalue weighted by Crippen LogP contribution is -2.47. The zero-order chi connectivity index (χ0) is 27.7. The molecule has 0 aliphatic heterocycles. The van der Waals surface area contributed by atoms with Crippen LogP contribution in [-0.4, -0.2) is 54.8 Å². The van der Waals surface area contributed by atoms with Crippen LogP contribution in [0.1, 0.15) is 56.9 Å². The number of hydrogen-bond acceptors (Lipinski definition) is 7. The number of aromatic amines is 1. The third-order valence-corrected chi connectivity index (χ3v) is 10.4. The molecule has 2 aliphatic rings. The molecule has 0 unspecified atom stereocenters. The molecule has 6 rings (SSSR count). The molecule has 2 N–H and O–H groups in total. The van der Waals surface area contributed by atoms with E-state index in [0.29, 0.717) is 31.8 Å². The van der Waals surface area contributed by atoms with E-state index in [1.807, 2.05) is 23.1 Å². The Bertz CT molecular complexity index is 1530. The van der Waals surface area contributed by atoms with E-state index < -0.39 is 11.8 Å². The van der Waals surface area contributed by atoms with Gasteiger partial charge in [-0.1, -0.05) is 43.2 Å². The highest BCUT2D eigenvalue weighted by molar-refractivity contribution is 9.10. The summed E-state index contributed by atoms with van der Waals surface area (Å²) in [6.45, 7) is 0.704. The number of H-pyrrole nitrogens is 1. The van der Waals surface area contributed by atoms with Crippen molar-refractivity contribution in [3.8, 4) is 21.8 Å². The van der Waals surface area contributed by atoms with Gasteiger partial charge >= 0.3 is 6.16 Å². The van der Waals surface area contributed by atoms with Crippen LogP contribution in [0.5, 0.6) is 0 Å². The van der Waals surface area contributed by atoms with Gasteiger partial charge in [0.15, 0.2) is 5.82 Å². The van der Waals surface area contributed by atoms with E-state index in [-0.39, 0.29) is 11.8 Å². The van der Waals surface area contributed by atoms with Crippen LogP contribution < -0.4 is 0 Å². The number of carbonyl (C=O) groups excluding carboxylic acids is 1. The minimum absolute atomic E-state index is 0.00594. The quantitative estimate of drug-likeness (QED) is 0.202. The molecule has 11 heteroatoms. The Morgan fingerprint density at radius 2 is 1.85 bits per heavy atom. The summed E-state index contributed by atoms with van der Waals surface area (Å²) in [4.78, 5) is 28.2. The Labute approximate surface area is 244 Å². The minimum Gasteiger partial charge on any atom is -0.450 e. The highest BCUT2D eigenvalue weighted by Gasteiger charge is 2.42. The third kappa shape index (κ3) is 5.36. The molecule has 0 saturated heterocycles. The van der Waals surface area contributed by atoms with Crippen molar-refractivity contribution >= 4 is 49.4 Å². The number of benzene rings is 2. The van der Waals surface area contributed by atoms with Crippen molar-refractivity contribution in [3.63, 3.8) is 0 Å². The lowest BCUT2D eigenvalue weighted by molar-refractivity contribution is -0.140. The summed E-state index contributed by atoms with van der Waals surface area (Å²) in [6, 6.07) is 14.3. The fraction of sp³-hybridized carbons (Fsp3) is 0.414. The maximum Gasteiger partial charge on any atom is 0.506 e. The molecule has 2 heterocycles. The van der Waals surface area contributed by atoms with Crippen molar-refractivity contribution < 1.29 is 19.4 Å². The number of carboxylic acid groups (broad SMARTS) is 1. The molecule has 9 nitrogen and oxygen atoms in total. The molecule has 1 amide bonds. The van der Waals surface area contributed by atoms with Gasteiger partial charge in [0.25, 0.3) is 0 Å². The second kappa shape index (κ2) is 11.3. The predicted molar refractivity (Wildman–Crippen MR) is 156 cm³/mol. The van der Waals surface area contributed by atoms with Crippen molar-refractivity contribution in [3.05, 3.63) is 52.5 Å². The van der Waals surface area contributed by atoms with Gasteiger partial charge in [-0.25, -0.2) is 9.89 Å². The lowest BCUT2D eigenvalue weighted by atomic mass is 9.98. The molecule has 2 fully saturated rings. The molecule has 2 aromatic carbocycles. The van der Waals surface area contributed by atoms with E-state index >= 15 is 0 Å². The van der Waals surface area contributed by atoms with Gasteiger partial charge in [0.05, 0.1) is 11.4 Å².